The molecule has 0 bridgehead atoms. The molecule has 0 fully saturated rings. The predicted molar refractivity (Wildman–Crippen MR) is 86.8 cm³/mol. The minimum absolute atomic E-state index is 0.139. The Hall–Kier alpha value is -2.29. The van der Waals surface area contributed by atoms with Gasteiger partial charge < -0.3 is 10.6 Å². The van der Waals surface area contributed by atoms with E-state index in [9.17, 15) is 4.79 Å². The second kappa shape index (κ2) is 6.93. The molecule has 0 saturated heterocycles. The average molecular weight is 282 g/mol. The van der Waals surface area contributed by atoms with Gasteiger partial charge in [0.05, 0.1) is 0 Å². The van der Waals surface area contributed by atoms with Crippen LogP contribution in [0.15, 0.2) is 48.5 Å². The van der Waals surface area contributed by atoms with E-state index in [0.29, 0.717) is 19.4 Å². The second-order valence-corrected chi connectivity index (χ2v) is 5.44. The van der Waals surface area contributed by atoms with Gasteiger partial charge in [-0.05, 0) is 30.5 Å². The molecule has 0 radical (unpaired) electrons. The number of carbonyl (C=O) groups is 1. The number of hydrogen-bond acceptors (Lipinski definition) is 2. The van der Waals surface area contributed by atoms with Crippen molar-refractivity contribution in [1.82, 2.24) is 4.90 Å². The molecule has 0 unspecified atom stereocenters. The lowest BCUT2D eigenvalue weighted by Gasteiger charge is -2.18. The maximum Gasteiger partial charge on any atom is 0.222 e. The fraction of sp³-hybridized carbons (Fsp3) is 0.278. The number of hydrogen-bond donors (Lipinski definition) is 1. The zero-order valence-corrected chi connectivity index (χ0v) is 12.7. The molecule has 2 aromatic carbocycles. The highest BCUT2D eigenvalue weighted by Gasteiger charge is 2.10. The number of nitrogen functional groups attached to an aromatic ring is 1. The smallest absolute Gasteiger partial charge is 0.222 e. The van der Waals surface area contributed by atoms with Crippen LogP contribution in [0.25, 0.3) is 0 Å². The van der Waals surface area contributed by atoms with E-state index in [4.69, 9.17) is 5.73 Å². The van der Waals surface area contributed by atoms with Crippen LogP contribution in [0, 0.1) is 6.92 Å². The van der Waals surface area contributed by atoms with Crippen molar-refractivity contribution in [2.24, 2.45) is 0 Å². The molecule has 3 heteroatoms. The third kappa shape index (κ3) is 4.35. The van der Waals surface area contributed by atoms with Crippen LogP contribution in [0.5, 0.6) is 0 Å². The van der Waals surface area contributed by atoms with E-state index < -0.39 is 0 Å². The second-order valence-electron chi connectivity index (χ2n) is 5.44. The number of amides is 1. The van der Waals surface area contributed by atoms with Crippen LogP contribution in [0.1, 0.15) is 23.1 Å². The molecule has 21 heavy (non-hydrogen) atoms. The van der Waals surface area contributed by atoms with Gasteiger partial charge in [0.1, 0.15) is 0 Å². The van der Waals surface area contributed by atoms with Crippen molar-refractivity contribution in [3.8, 4) is 0 Å². The van der Waals surface area contributed by atoms with Gasteiger partial charge in [0, 0.05) is 25.7 Å². The quantitative estimate of drug-likeness (QED) is 0.856. The fourth-order valence-corrected chi connectivity index (χ4v) is 2.37. The maximum absolute atomic E-state index is 12.2. The highest BCUT2D eigenvalue weighted by Crippen LogP contribution is 2.14. The number of anilines is 1. The molecule has 2 N–H and O–H groups in total. The SMILES string of the molecule is Cc1cccc(CN(C)C(=O)CCc2ccccc2N)c1. The van der Waals surface area contributed by atoms with Crippen LogP contribution in [0.2, 0.25) is 0 Å². The van der Waals surface area contributed by atoms with Gasteiger partial charge in [0.15, 0.2) is 0 Å². The van der Waals surface area contributed by atoms with E-state index in [2.05, 4.69) is 19.1 Å². The third-order valence-electron chi connectivity index (χ3n) is 3.59. The van der Waals surface area contributed by atoms with Crippen LogP contribution in [0.3, 0.4) is 0 Å². The monoisotopic (exact) mass is 282 g/mol. The number of nitrogens with zero attached hydrogens (tertiary/aromatic N) is 1. The molecule has 1 amide bonds. The molecule has 0 aliphatic rings. The van der Waals surface area contributed by atoms with Crippen molar-refractivity contribution in [3.05, 3.63) is 65.2 Å². The Kier molecular flexibility index (Phi) is 4.99. The summed E-state index contributed by atoms with van der Waals surface area (Å²) in [4.78, 5) is 14.0. The Labute approximate surface area is 126 Å². The van der Waals surface area contributed by atoms with Crippen LogP contribution >= 0.6 is 0 Å². The third-order valence-corrected chi connectivity index (χ3v) is 3.59. The Morgan fingerprint density at radius 1 is 1.14 bits per heavy atom. The molecule has 110 valence electrons. The van der Waals surface area contributed by atoms with Crippen LogP contribution in [0.4, 0.5) is 5.69 Å². The number of nitrogens with two attached hydrogens (primary N) is 1. The van der Waals surface area contributed by atoms with Crippen molar-refractivity contribution in [2.45, 2.75) is 26.3 Å². The van der Waals surface area contributed by atoms with Gasteiger partial charge >= 0.3 is 0 Å². The van der Waals surface area contributed by atoms with E-state index in [1.54, 1.807) is 4.90 Å². The molecular weight excluding hydrogens is 260 g/mol. The van der Waals surface area contributed by atoms with E-state index in [1.165, 1.54) is 5.56 Å². The minimum atomic E-state index is 0.139. The summed E-state index contributed by atoms with van der Waals surface area (Å²) in [6.07, 6.45) is 1.17. The highest BCUT2D eigenvalue weighted by atomic mass is 16.2. The molecule has 0 aromatic heterocycles. The summed E-state index contributed by atoms with van der Waals surface area (Å²) in [6, 6.07) is 15.9. The average Bonchev–Trinajstić information content (AvgIpc) is 2.46. The van der Waals surface area contributed by atoms with Gasteiger partial charge in [-0.1, -0.05) is 48.0 Å². The van der Waals surface area contributed by atoms with Crippen molar-refractivity contribution >= 4 is 11.6 Å². The zero-order valence-electron chi connectivity index (χ0n) is 12.7. The largest absolute Gasteiger partial charge is 0.399 e. The molecule has 0 heterocycles. The lowest BCUT2D eigenvalue weighted by molar-refractivity contribution is -0.130. The first-order chi connectivity index (χ1) is 10.1. The zero-order chi connectivity index (χ0) is 15.2. The number of aryl methyl sites for hydroxylation is 2. The minimum Gasteiger partial charge on any atom is -0.399 e. The summed E-state index contributed by atoms with van der Waals surface area (Å²) in [6.45, 7) is 2.70. The first-order valence-corrected chi connectivity index (χ1v) is 7.19. The predicted octanol–water partition coefficient (Wildman–Crippen LogP) is 3.17. The summed E-state index contributed by atoms with van der Waals surface area (Å²) in [7, 11) is 1.85. The summed E-state index contributed by atoms with van der Waals surface area (Å²) >= 11 is 0. The molecular formula is C18H22N2O. The molecule has 0 aliphatic carbocycles. The summed E-state index contributed by atoms with van der Waals surface area (Å²) in [5.41, 5.74) is 10.1. The van der Waals surface area contributed by atoms with Crippen LogP contribution < -0.4 is 5.73 Å². The Balaban J connectivity index is 1.90. The van der Waals surface area contributed by atoms with Crippen LogP contribution in [-0.2, 0) is 17.8 Å². The molecule has 3 nitrogen and oxygen atoms in total. The number of para-hydroxylation sites is 1. The topological polar surface area (TPSA) is 46.3 Å². The number of rotatable bonds is 5. The summed E-state index contributed by atoms with van der Waals surface area (Å²) in [5, 5.41) is 0. The normalized spacial score (nSPS) is 10.4. The highest BCUT2D eigenvalue weighted by molar-refractivity contribution is 5.76. The van der Waals surface area contributed by atoms with Gasteiger partial charge in [-0.25, -0.2) is 0 Å². The van der Waals surface area contributed by atoms with Crippen molar-refractivity contribution in [1.29, 1.82) is 0 Å². The lowest BCUT2D eigenvalue weighted by atomic mass is 10.1. The molecule has 0 aliphatic heterocycles. The standard InChI is InChI=1S/C18H22N2O/c1-14-6-5-7-15(12-14)13-20(2)18(21)11-10-16-8-3-4-9-17(16)19/h3-9,12H,10-11,13,19H2,1-2H3. The lowest BCUT2D eigenvalue weighted by Crippen LogP contribution is -2.26. The number of carbonyl (C=O) groups excluding carboxylic acids is 1. The van der Waals surface area contributed by atoms with Crippen LogP contribution in [-0.4, -0.2) is 17.9 Å². The first-order valence-electron chi connectivity index (χ1n) is 7.19. The van der Waals surface area contributed by atoms with E-state index in [1.807, 2.05) is 43.4 Å². The summed E-state index contributed by atoms with van der Waals surface area (Å²) in [5.74, 6) is 0.139. The van der Waals surface area contributed by atoms with Gasteiger partial charge in [-0.15, -0.1) is 0 Å². The molecule has 2 aromatic rings. The van der Waals surface area contributed by atoms with E-state index in [-0.39, 0.29) is 5.91 Å². The Bertz CT molecular complexity index is 622. The van der Waals surface area contributed by atoms with E-state index >= 15 is 0 Å². The maximum atomic E-state index is 12.2. The van der Waals surface area contributed by atoms with Gasteiger partial charge in [0.25, 0.3) is 0 Å². The Morgan fingerprint density at radius 3 is 2.62 bits per heavy atom. The van der Waals surface area contributed by atoms with E-state index in [0.717, 1.165) is 16.8 Å². The van der Waals surface area contributed by atoms with Gasteiger partial charge in [-0.3, -0.25) is 4.79 Å². The van der Waals surface area contributed by atoms with Gasteiger partial charge in [0.2, 0.25) is 5.91 Å². The first kappa shape index (κ1) is 15.1. The van der Waals surface area contributed by atoms with Gasteiger partial charge in [-0.2, -0.15) is 0 Å². The van der Waals surface area contributed by atoms with Crippen molar-refractivity contribution in [3.63, 3.8) is 0 Å². The van der Waals surface area contributed by atoms with Crippen molar-refractivity contribution < 1.29 is 4.79 Å². The van der Waals surface area contributed by atoms with Crippen molar-refractivity contribution in [2.75, 3.05) is 12.8 Å². The fourth-order valence-electron chi connectivity index (χ4n) is 2.37. The summed E-state index contributed by atoms with van der Waals surface area (Å²) < 4.78 is 0. The molecule has 0 spiro atoms. The number of benzene rings is 2. The molecule has 0 atom stereocenters. The molecule has 2 rings (SSSR count). The Morgan fingerprint density at radius 2 is 1.90 bits per heavy atom. The molecule has 0 saturated carbocycles.